The Morgan fingerprint density at radius 1 is 1.56 bits per heavy atom. The van der Waals surface area contributed by atoms with E-state index in [2.05, 4.69) is 0 Å². The Hall–Kier alpha value is -1.75. The van der Waals surface area contributed by atoms with Gasteiger partial charge in [-0.15, -0.1) is 0 Å². The lowest BCUT2D eigenvalue weighted by Crippen LogP contribution is -2.30. The number of phenols is 1. The van der Waals surface area contributed by atoms with Crippen LogP contribution in [0.3, 0.4) is 0 Å². The van der Waals surface area contributed by atoms with Gasteiger partial charge in [0, 0.05) is 12.5 Å². The standard InChI is InChI=1S/C11H12O5/c1-15-9-4-7(13)2-6-3-8(5-12)16-11(14)10(6)9/h2,4,8,12-13H,3,5H2,1H3. The molecule has 0 aromatic heterocycles. The van der Waals surface area contributed by atoms with Crippen molar-refractivity contribution in [3.8, 4) is 11.5 Å². The molecule has 2 rings (SSSR count). The lowest BCUT2D eigenvalue weighted by Gasteiger charge is -2.24. The number of fused-ring (bicyclic) bond motifs is 1. The number of hydrogen-bond donors (Lipinski definition) is 2. The van der Waals surface area contributed by atoms with Gasteiger partial charge < -0.3 is 19.7 Å². The first-order valence-electron chi connectivity index (χ1n) is 4.87. The maximum absolute atomic E-state index is 11.7. The highest BCUT2D eigenvalue weighted by atomic mass is 16.6. The quantitative estimate of drug-likeness (QED) is 0.714. The van der Waals surface area contributed by atoms with Crippen LogP contribution in [0.15, 0.2) is 12.1 Å². The summed E-state index contributed by atoms with van der Waals surface area (Å²) in [7, 11) is 1.42. The second-order valence-electron chi connectivity index (χ2n) is 3.60. The van der Waals surface area contributed by atoms with Crippen molar-refractivity contribution in [3.05, 3.63) is 23.3 Å². The van der Waals surface area contributed by atoms with Crippen LogP contribution in [0.1, 0.15) is 15.9 Å². The molecule has 0 spiro atoms. The molecule has 1 atom stereocenters. The van der Waals surface area contributed by atoms with Gasteiger partial charge >= 0.3 is 5.97 Å². The second-order valence-corrected chi connectivity index (χ2v) is 3.60. The summed E-state index contributed by atoms with van der Waals surface area (Å²) in [6.07, 6.45) is -0.172. The fourth-order valence-corrected chi connectivity index (χ4v) is 1.81. The third-order valence-corrected chi connectivity index (χ3v) is 2.52. The molecule has 0 amide bonds. The number of carbonyl (C=O) groups excluding carboxylic acids is 1. The second kappa shape index (κ2) is 4.02. The monoisotopic (exact) mass is 224 g/mol. The van der Waals surface area contributed by atoms with E-state index in [-0.39, 0.29) is 18.1 Å². The van der Waals surface area contributed by atoms with Crippen LogP contribution in [-0.2, 0) is 11.2 Å². The first-order valence-corrected chi connectivity index (χ1v) is 4.87. The van der Waals surface area contributed by atoms with E-state index in [0.29, 0.717) is 17.5 Å². The zero-order chi connectivity index (χ0) is 11.7. The number of carbonyl (C=O) groups is 1. The van der Waals surface area contributed by atoms with Crippen molar-refractivity contribution >= 4 is 5.97 Å². The van der Waals surface area contributed by atoms with Gasteiger partial charge in [0.2, 0.25) is 0 Å². The molecule has 1 heterocycles. The molecule has 0 aliphatic carbocycles. The smallest absolute Gasteiger partial charge is 0.342 e. The van der Waals surface area contributed by atoms with Crippen LogP contribution >= 0.6 is 0 Å². The van der Waals surface area contributed by atoms with Crippen LogP contribution < -0.4 is 4.74 Å². The zero-order valence-electron chi connectivity index (χ0n) is 8.77. The molecule has 1 aliphatic heterocycles. The third kappa shape index (κ3) is 1.69. The van der Waals surface area contributed by atoms with E-state index >= 15 is 0 Å². The number of benzene rings is 1. The van der Waals surface area contributed by atoms with Gasteiger partial charge in [-0.2, -0.15) is 0 Å². The molecule has 86 valence electrons. The van der Waals surface area contributed by atoms with Crippen molar-refractivity contribution in [2.75, 3.05) is 13.7 Å². The van der Waals surface area contributed by atoms with Gasteiger partial charge in [-0.25, -0.2) is 4.79 Å². The van der Waals surface area contributed by atoms with E-state index in [1.54, 1.807) is 0 Å². The number of hydrogen-bond acceptors (Lipinski definition) is 5. The predicted molar refractivity (Wildman–Crippen MR) is 54.7 cm³/mol. The highest BCUT2D eigenvalue weighted by Crippen LogP contribution is 2.32. The Morgan fingerprint density at radius 2 is 2.31 bits per heavy atom. The fourth-order valence-electron chi connectivity index (χ4n) is 1.81. The predicted octanol–water partition coefficient (Wildman–Crippen LogP) is 0.475. The first kappa shape index (κ1) is 10.8. The maximum Gasteiger partial charge on any atom is 0.342 e. The molecular formula is C11H12O5. The van der Waals surface area contributed by atoms with Gasteiger partial charge in [-0.05, 0) is 11.6 Å². The molecule has 0 bridgehead atoms. The zero-order valence-corrected chi connectivity index (χ0v) is 8.77. The van der Waals surface area contributed by atoms with Crippen molar-refractivity contribution in [3.63, 3.8) is 0 Å². The molecular weight excluding hydrogens is 212 g/mol. The van der Waals surface area contributed by atoms with Gasteiger partial charge in [0.25, 0.3) is 0 Å². The number of aliphatic hydroxyl groups is 1. The molecule has 5 nitrogen and oxygen atoms in total. The van der Waals surface area contributed by atoms with Crippen LogP contribution in [0.25, 0.3) is 0 Å². The van der Waals surface area contributed by atoms with E-state index in [0.717, 1.165) is 0 Å². The number of phenolic OH excluding ortho intramolecular Hbond substituents is 1. The number of methoxy groups -OCH3 is 1. The minimum Gasteiger partial charge on any atom is -0.508 e. The van der Waals surface area contributed by atoms with Crippen LogP contribution in [0.4, 0.5) is 0 Å². The van der Waals surface area contributed by atoms with E-state index in [9.17, 15) is 9.90 Å². The molecule has 0 saturated heterocycles. The molecule has 16 heavy (non-hydrogen) atoms. The topological polar surface area (TPSA) is 76.0 Å². The first-order chi connectivity index (χ1) is 7.65. The normalized spacial score (nSPS) is 18.9. The number of esters is 1. The Kier molecular flexibility index (Phi) is 2.70. The van der Waals surface area contributed by atoms with Crippen LogP contribution in [-0.4, -0.2) is 36.0 Å². The van der Waals surface area contributed by atoms with E-state index < -0.39 is 12.1 Å². The van der Waals surface area contributed by atoms with Crippen LogP contribution in [0.5, 0.6) is 11.5 Å². The van der Waals surface area contributed by atoms with Crippen molar-refractivity contribution in [1.82, 2.24) is 0 Å². The van der Waals surface area contributed by atoms with Gasteiger partial charge in [0.05, 0.1) is 13.7 Å². The summed E-state index contributed by atoms with van der Waals surface area (Å²) < 4.78 is 10.0. The molecule has 5 heteroatoms. The minimum absolute atomic E-state index is 0.0296. The average molecular weight is 224 g/mol. The number of rotatable bonds is 2. The van der Waals surface area contributed by atoms with Gasteiger partial charge in [0.1, 0.15) is 23.2 Å². The molecule has 2 N–H and O–H groups in total. The summed E-state index contributed by atoms with van der Waals surface area (Å²) >= 11 is 0. The Morgan fingerprint density at radius 3 is 2.94 bits per heavy atom. The van der Waals surface area contributed by atoms with Crippen molar-refractivity contribution in [1.29, 1.82) is 0 Å². The number of ether oxygens (including phenoxy) is 2. The lowest BCUT2D eigenvalue weighted by atomic mass is 9.97. The number of cyclic esters (lactones) is 1. The molecule has 0 fully saturated rings. The molecule has 1 aromatic carbocycles. The highest BCUT2D eigenvalue weighted by molar-refractivity contribution is 5.95. The van der Waals surface area contributed by atoms with Crippen molar-refractivity contribution in [2.45, 2.75) is 12.5 Å². The van der Waals surface area contributed by atoms with E-state index in [1.807, 2.05) is 0 Å². The van der Waals surface area contributed by atoms with Gasteiger partial charge in [-0.1, -0.05) is 0 Å². The largest absolute Gasteiger partial charge is 0.508 e. The molecule has 1 aliphatic rings. The van der Waals surface area contributed by atoms with Crippen molar-refractivity contribution < 1.29 is 24.5 Å². The Labute approximate surface area is 92.2 Å². The summed E-state index contributed by atoms with van der Waals surface area (Å²) in [6.45, 7) is -0.233. The summed E-state index contributed by atoms with van der Waals surface area (Å²) in [5.74, 6) is -0.212. The van der Waals surface area contributed by atoms with E-state index in [1.165, 1.54) is 19.2 Å². The summed E-state index contributed by atoms with van der Waals surface area (Å²) in [5, 5.41) is 18.4. The van der Waals surface area contributed by atoms with Crippen LogP contribution in [0, 0.1) is 0 Å². The lowest BCUT2D eigenvalue weighted by molar-refractivity contribution is 0.00895. The van der Waals surface area contributed by atoms with E-state index in [4.69, 9.17) is 14.6 Å². The van der Waals surface area contributed by atoms with Gasteiger partial charge in [0.15, 0.2) is 0 Å². The molecule has 1 aromatic rings. The fraction of sp³-hybridized carbons (Fsp3) is 0.364. The number of aromatic hydroxyl groups is 1. The van der Waals surface area contributed by atoms with Gasteiger partial charge in [-0.3, -0.25) is 0 Å². The van der Waals surface area contributed by atoms with Crippen LogP contribution in [0.2, 0.25) is 0 Å². The SMILES string of the molecule is COc1cc(O)cc2c1C(=O)OC(CO)C2. The third-order valence-electron chi connectivity index (χ3n) is 2.52. The molecule has 0 radical (unpaired) electrons. The Balaban J connectivity index is 2.51. The maximum atomic E-state index is 11.7. The minimum atomic E-state index is -0.550. The van der Waals surface area contributed by atoms with Crippen molar-refractivity contribution in [2.24, 2.45) is 0 Å². The number of aliphatic hydroxyl groups excluding tert-OH is 1. The Bertz CT molecular complexity index is 427. The summed E-state index contributed by atoms with van der Waals surface area (Å²) in [5.41, 5.74) is 0.956. The summed E-state index contributed by atoms with van der Waals surface area (Å²) in [6, 6.07) is 2.85. The summed E-state index contributed by atoms with van der Waals surface area (Å²) in [4.78, 5) is 11.7. The molecule has 1 unspecified atom stereocenters. The average Bonchev–Trinajstić information content (AvgIpc) is 2.26. The molecule has 0 saturated carbocycles. The highest BCUT2D eigenvalue weighted by Gasteiger charge is 2.29.